The summed E-state index contributed by atoms with van der Waals surface area (Å²) >= 11 is 0. The molecule has 0 aliphatic carbocycles. The van der Waals surface area contributed by atoms with Crippen molar-refractivity contribution in [2.75, 3.05) is 5.32 Å². The van der Waals surface area contributed by atoms with Crippen LogP contribution in [-0.4, -0.2) is 10.5 Å². The number of nitrogens with zero attached hydrogens (tertiary/aromatic N) is 1. The fourth-order valence-corrected chi connectivity index (χ4v) is 2.09. The van der Waals surface area contributed by atoms with E-state index in [1.165, 1.54) is 29.8 Å². The summed E-state index contributed by atoms with van der Waals surface area (Å²) in [6, 6.07) is 5.78. The maximum absolute atomic E-state index is 13.6. The third kappa shape index (κ3) is 2.48. The van der Waals surface area contributed by atoms with E-state index < -0.39 is 34.8 Å². The topological polar surface area (TPSA) is 64.2 Å². The van der Waals surface area contributed by atoms with Crippen molar-refractivity contribution in [2.45, 2.75) is 0 Å². The van der Waals surface area contributed by atoms with E-state index in [2.05, 4.69) is 5.32 Å². The van der Waals surface area contributed by atoms with Gasteiger partial charge in [0.1, 0.15) is 0 Å². The maximum Gasteiger partial charge on any atom is 0.419 e. The molecule has 0 fully saturated rings. The standard InChI is InChI=1S/C15H9F3N2O3/c1-20-10-5-2-7(6-11(10)23-15(20)22)14(21)19-9-4-3-8(16)12(17)13(9)18/h2-6H,1H3,(H,19,21). The highest BCUT2D eigenvalue weighted by Crippen LogP contribution is 2.21. The monoisotopic (exact) mass is 322 g/mol. The van der Waals surface area contributed by atoms with Crippen LogP contribution >= 0.6 is 0 Å². The Morgan fingerprint density at radius 3 is 2.61 bits per heavy atom. The minimum Gasteiger partial charge on any atom is -0.408 e. The number of carbonyl (C=O) groups excluding carboxylic acids is 1. The summed E-state index contributed by atoms with van der Waals surface area (Å²) in [6.07, 6.45) is 0. The summed E-state index contributed by atoms with van der Waals surface area (Å²) in [5, 5.41) is 2.13. The number of anilines is 1. The van der Waals surface area contributed by atoms with Gasteiger partial charge in [-0.05, 0) is 30.3 Å². The summed E-state index contributed by atoms with van der Waals surface area (Å²) < 4.78 is 45.8. The number of aryl methyl sites for hydroxylation is 1. The van der Waals surface area contributed by atoms with Crippen LogP contribution < -0.4 is 11.1 Å². The second-order valence-electron chi connectivity index (χ2n) is 4.79. The highest BCUT2D eigenvalue weighted by Gasteiger charge is 2.17. The number of halogens is 3. The van der Waals surface area contributed by atoms with E-state index >= 15 is 0 Å². The van der Waals surface area contributed by atoms with Crippen molar-refractivity contribution in [3.8, 4) is 0 Å². The molecule has 0 saturated carbocycles. The summed E-state index contributed by atoms with van der Waals surface area (Å²) in [7, 11) is 1.50. The molecule has 0 radical (unpaired) electrons. The second kappa shape index (κ2) is 5.31. The first-order chi connectivity index (χ1) is 10.9. The van der Waals surface area contributed by atoms with Crippen LogP contribution in [0.25, 0.3) is 11.1 Å². The van der Waals surface area contributed by atoms with Gasteiger partial charge in [0, 0.05) is 12.6 Å². The first kappa shape index (κ1) is 14.9. The molecule has 0 unspecified atom stereocenters. The molecule has 5 nitrogen and oxygen atoms in total. The SMILES string of the molecule is Cn1c(=O)oc2cc(C(=O)Nc3ccc(F)c(F)c3F)ccc21. The maximum atomic E-state index is 13.6. The number of oxazole rings is 1. The summed E-state index contributed by atoms with van der Waals surface area (Å²) in [5.74, 6) is -5.88. The minimum atomic E-state index is -1.67. The van der Waals surface area contributed by atoms with E-state index in [1.54, 1.807) is 0 Å². The Kier molecular flexibility index (Phi) is 3.44. The van der Waals surface area contributed by atoms with E-state index in [0.717, 1.165) is 6.07 Å². The molecular formula is C15H9F3N2O3. The quantitative estimate of drug-likeness (QED) is 0.738. The van der Waals surface area contributed by atoms with Crippen molar-refractivity contribution in [1.29, 1.82) is 0 Å². The van der Waals surface area contributed by atoms with Crippen LogP contribution in [0.3, 0.4) is 0 Å². The number of amides is 1. The van der Waals surface area contributed by atoms with Crippen LogP contribution in [0.5, 0.6) is 0 Å². The lowest BCUT2D eigenvalue weighted by Crippen LogP contribution is -2.14. The minimum absolute atomic E-state index is 0.0657. The number of fused-ring (bicyclic) bond motifs is 1. The van der Waals surface area contributed by atoms with Crippen LogP contribution in [0.2, 0.25) is 0 Å². The average molecular weight is 322 g/mol. The van der Waals surface area contributed by atoms with E-state index in [9.17, 15) is 22.8 Å². The molecule has 8 heteroatoms. The third-order valence-electron chi connectivity index (χ3n) is 3.34. The first-order valence-corrected chi connectivity index (χ1v) is 6.43. The second-order valence-corrected chi connectivity index (χ2v) is 4.79. The zero-order valence-corrected chi connectivity index (χ0v) is 11.7. The molecule has 2 aromatic carbocycles. The van der Waals surface area contributed by atoms with Gasteiger partial charge in [-0.1, -0.05) is 0 Å². The Morgan fingerprint density at radius 1 is 1.13 bits per heavy atom. The number of aromatic nitrogens is 1. The molecule has 0 aliphatic rings. The number of rotatable bonds is 2. The molecule has 3 rings (SSSR count). The molecular weight excluding hydrogens is 313 g/mol. The average Bonchev–Trinajstić information content (AvgIpc) is 2.82. The van der Waals surface area contributed by atoms with Gasteiger partial charge in [-0.3, -0.25) is 9.36 Å². The van der Waals surface area contributed by atoms with Crippen molar-refractivity contribution in [3.63, 3.8) is 0 Å². The van der Waals surface area contributed by atoms with Gasteiger partial charge >= 0.3 is 5.76 Å². The van der Waals surface area contributed by atoms with Crippen molar-refractivity contribution >= 4 is 22.7 Å². The molecule has 1 N–H and O–H groups in total. The zero-order chi connectivity index (χ0) is 16.7. The lowest BCUT2D eigenvalue weighted by atomic mass is 10.2. The van der Waals surface area contributed by atoms with Gasteiger partial charge in [-0.2, -0.15) is 0 Å². The Bertz CT molecular complexity index is 992. The predicted octanol–water partition coefficient (Wildman–Crippen LogP) is 2.80. The van der Waals surface area contributed by atoms with Gasteiger partial charge in [-0.25, -0.2) is 18.0 Å². The van der Waals surface area contributed by atoms with Gasteiger partial charge in [0.05, 0.1) is 11.2 Å². The summed E-state index contributed by atoms with van der Waals surface area (Å²) in [5.41, 5.74) is 0.223. The Balaban J connectivity index is 1.95. The van der Waals surface area contributed by atoms with Crippen molar-refractivity contribution in [3.05, 3.63) is 63.9 Å². The fraction of sp³-hybridized carbons (Fsp3) is 0.0667. The van der Waals surface area contributed by atoms with Crippen LogP contribution in [0.1, 0.15) is 10.4 Å². The molecule has 3 aromatic rings. The lowest BCUT2D eigenvalue weighted by Gasteiger charge is -2.07. The molecule has 0 spiro atoms. The summed E-state index contributed by atoms with van der Waals surface area (Å²) in [6.45, 7) is 0. The Hall–Kier alpha value is -3.03. The van der Waals surface area contributed by atoms with Crippen molar-refractivity contribution in [2.24, 2.45) is 7.05 Å². The van der Waals surface area contributed by atoms with Gasteiger partial charge < -0.3 is 9.73 Å². The smallest absolute Gasteiger partial charge is 0.408 e. The van der Waals surface area contributed by atoms with Crippen molar-refractivity contribution < 1.29 is 22.4 Å². The summed E-state index contributed by atoms with van der Waals surface area (Å²) in [4.78, 5) is 23.5. The van der Waals surface area contributed by atoms with Crippen LogP contribution in [0.4, 0.5) is 18.9 Å². The number of nitrogens with one attached hydrogen (secondary N) is 1. The molecule has 0 aliphatic heterocycles. The van der Waals surface area contributed by atoms with Gasteiger partial charge in [-0.15, -0.1) is 0 Å². The number of benzene rings is 2. The lowest BCUT2D eigenvalue weighted by molar-refractivity contribution is 0.102. The van der Waals surface area contributed by atoms with Crippen LogP contribution in [0, 0.1) is 17.5 Å². The third-order valence-corrected chi connectivity index (χ3v) is 3.34. The fourth-order valence-electron chi connectivity index (χ4n) is 2.09. The van der Waals surface area contributed by atoms with Crippen molar-refractivity contribution in [1.82, 2.24) is 4.57 Å². The first-order valence-electron chi connectivity index (χ1n) is 6.43. The van der Waals surface area contributed by atoms with Crippen LogP contribution in [0.15, 0.2) is 39.5 Å². The van der Waals surface area contributed by atoms with Gasteiger partial charge in [0.2, 0.25) is 0 Å². The molecule has 0 bridgehead atoms. The Morgan fingerprint density at radius 2 is 1.87 bits per heavy atom. The molecule has 1 heterocycles. The molecule has 1 amide bonds. The van der Waals surface area contributed by atoms with Gasteiger partial charge in [0.25, 0.3) is 5.91 Å². The van der Waals surface area contributed by atoms with E-state index in [1.807, 2.05) is 0 Å². The van der Waals surface area contributed by atoms with E-state index in [4.69, 9.17) is 4.42 Å². The number of hydrogen-bond acceptors (Lipinski definition) is 3. The zero-order valence-electron chi connectivity index (χ0n) is 11.7. The molecule has 23 heavy (non-hydrogen) atoms. The number of hydrogen-bond donors (Lipinski definition) is 1. The molecule has 1 aromatic heterocycles. The number of carbonyl (C=O) groups is 1. The normalized spacial score (nSPS) is 11.0. The predicted molar refractivity (Wildman–Crippen MR) is 75.7 cm³/mol. The van der Waals surface area contributed by atoms with E-state index in [0.29, 0.717) is 11.6 Å². The highest BCUT2D eigenvalue weighted by molar-refractivity contribution is 6.05. The molecule has 118 valence electrons. The van der Waals surface area contributed by atoms with Gasteiger partial charge in [0.15, 0.2) is 23.0 Å². The molecule has 0 saturated heterocycles. The van der Waals surface area contributed by atoms with E-state index in [-0.39, 0.29) is 11.1 Å². The molecule has 0 atom stereocenters. The van der Waals surface area contributed by atoms with Crippen LogP contribution in [-0.2, 0) is 7.05 Å². The highest BCUT2D eigenvalue weighted by atomic mass is 19.2. The largest absolute Gasteiger partial charge is 0.419 e. The Labute approximate surface area is 126 Å².